The largest absolute Gasteiger partial charge is 0.326 e. The molecule has 2 aromatic rings. The molecule has 4 heteroatoms. The highest BCUT2D eigenvalue weighted by Crippen LogP contribution is 2.26. The predicted octanol–water partition coefficient (Wildman–Crippen LogP) is 2.27. The minimum Gasteiger partial charge on any atom is -0.326 e. The van der Waals surface area contributed by atoms with Crippen LogP contribution in [-0.4, -0.2) is 4.57 Å². The molecule has 0 unspecified atom stereocenters. The number of pyridine rings is 1. The lowest BCUT2D eigenvalue weighted by molar-refractivity contribution is 0.838. The maximum Gasteiger partial charge on any atom is 0.255 e. The van der Waals surface area contributed by atoms with E-state index in [1.54, 1.807) is 17.7 Å². The Labute approximate surface area is 108 Å². The van der Waals surface area contributed by atoms with Crippen molar-refractivity contribution in [3.63, 3.8) is 0 Å². The van der Waals surface area contributed by atoms with Crippen LogP contribution in [0.25, 0.3) is 11.3 Å². The van der Waals surface area contributed by atoms with E-state index < -0.39 is 0 Å². The molecule has 0 aliphatic heterocycles. The van der Waals surface area contributed by atoms with Crippen molar-refractivity contribution in [2.45, 2.75) is 6.54 Å². The molecule has 0 radical (unpaired) electrons. The van der Waals surface area contributed by atoms with Gasteiger partial charge in [0.05, 0.1) is 5.69 Å². The van der Waals surface area contributed by atoms with Crippen molar-refractivity contribution in [3.8, 4) is 11.3 Å². The van der Waals surface area contributed by atoms with Crippen LogP contribution in [0.5, 0.6) is 0 Å². The van der Waals surface area contributed by atoms with Crippen molar-refractivity contribution in [1.29, 1.82) is 0 Å². The number of halogens is 1. The van der Waals surface area contributed by atoms with Gasteiger partial charge < -0.3 is 10.3 Å². The molecule has 0 atom stereocenters. The zero-order valence-corrected chi connectivity index (χ0v) is 11.1. The van der Waals surface area contributed by atoms with Gasteiger partial charge in [-0.1, -0.05) is 40.2 Å². The molecular formula is C13H13BrN2O. The number of aromatic nitrogens is 1. The highest BCUT2D eigenvalue weighted by Gasteiger charge is 2.08. The van der Waals surface area contributed by atoms with E-state index in [1.165, 1.54) is 0 Å². The lowest BCUT2D eigenvalue weighted by Crippen LogP contribution is -2.24. The van der Waals surface area contributed by atoms with Crippen molar-refractivity contribution in [1.82, 2.24) is 4.57 Å². The summed E-state index contributed by atoms with van der Waals surface area (Å²) in [5.74, 6) is 0. The smallest absolute Gasteiger partial charge is 0.255 e. The number of hydrogen-bond acceptors (Lipinski definition) is 2. The summed E-state index contributed by atoms with van der Waals surface area (Å²) in [4.78, 5) is 12.0. The van der Waals surface area contributed by atoms with Gasteiger partial charge >= 0.3 is 0 Å². The summed E-state index contributed by atoms with van der Waals surface area (Å²) in [6.07, 6.45) is 0. The maximum atomic E-state index is 12.0. The molecule has 0 bridgehead atoms. The monoisotopic (exact) mass is 292 g/mol. The fourth-order valence-corrected chi connectivity index (χ4v) is 2.27. The Hall–Kier alpha value is -1.39. The van der Waals surface area contributed by atoms with Gasteiger partial charge in [-0.3, -0.25) is 4.79 Å². The van der Waals surface area contributed by atoms with Crippen LogP contribution in [0, 0.1) is 0 Å². The molecule has 0 saturated carbocycles. The first kappa shape index (κ1) is 12.1. The standard InChI is InChI=1S/C13H13BrN2O/c1-16-12(7-6-9(8-15)13(16)17)10-4-2-3-5-11(10)14/h2-7H,8,15H2,1H3. The fraction of sp³-hybridized carbons (Fsp3) is 0.154. The molecule has 0 spiro atoms. The first-order valence-electron chi connectivity index (χ1n) is 5.29. The Morgan fingerprint density at radius 1 is 1.24 bits per heavy atom. The molecule has 0 fully saturated rings. The molecule has 1 aromatic heterocycles. The topological polar surface area (TPSA) is 48.0 Å². The highest BCUT2D eigenvalue weighted by atomic mass is 79.9. The second-order valence-electron chi connectivity index (χ2n) is 3.79. The third-order valence-corrected chi connectivity index (χ3v) is 3.44. The van der Waals surface area contributed by atoms with Crippen LogP contribution >= 0.6 is 15.9 Å². The first-order valence-corrected chi connectivity index (χ1v) is 6.08. The summed E-state index contributed by atoms with van der Waals surface area (Å²) in [5, 5.41) is 0. The number of nitrogens with two attached hydrogens (primary N) is 1. The second kappa shape index (κ2) is 4.85. The molecule has 0 aliphatic rings. The van der Waals surface area contributed by atoms with Crippen molar-refractivity contribution >= 4 is 15.9 Å². The molecule has 2 rings (SSSR count). The zero-order valence-electron chi connectivity index (χ0n) is 9.48. The molecule has 88 valence electrons. The van der Waals surface area contributed by atoms with E-state index in [4.69, 9.17) is 5.73 Å². The molecule has 0 saturated heterocycles. The predicted molar refractivity (Wildman–Crippen MR) is 72.7 cm³/mol. The second-order valence-corrected chi connectivity index (χ2v) is 4.65. The maximum absolute atomic E-state index is 12.0. The summed E-state index contributed by atoms with van der Waals surface area (Å²) >= 11 is 3.49. The van der Waals surface area contributed by atoms with E-state index in [9.17, 15) is 4.79 Å². The van der Waals surface area contributed by atoms with Gasteiger partial charge in [0.15, 0.2) is 0 Å². The molecule has 0 aliphatic carbocycles. The normalized spacial score (nSPS) is 10.5. The van der Waals surface area contributed by atoms with E-state index in [0.29, 0.717) is 5.56 Å². The van der Waals surface area contributed by atoms with Crippen LogP contribution in [0.4, 0.5) is 0 Å². The molecule has 1 aromatic carbocycles. The lowest BCUT2D eigenvalue weighted by Gasteiger charge is -2.11. The van der Waals surface area contributed by atoms with Crippen LogP contribution in [0.15, 0.2) is 45.7 Å². The quantitative estimate of drug-likeness (QED) is 0.923. The van der Waals surface area contributed by atoms with E-state index >= 15 is 0 Å². The highest BCUT2D eigenvalue weighted by molar-refractivity contribution is 9.10. The van der Waals surface area contributed by atoms with E-state index in [2.05, 4.69) is 15.9 Å². The number of rotatable bonds is 2. The Kier molecular flexibility index (Phi) is 3.45. The van der Waals surface area contributed by atoms with Crippen LogP contribution in [0.3, 0.4) is 0 Å². The lowest BCUT2D eigenvalue weighted by atomic mass is 10.1. The molecule has 1 heterocycles. The van der Waals surface area contributed by atoms with Gasteiger partial charge in [0.2, 0.25) is 0 Å². The third-order valence-electron chi connectivity index (χ3n) is 2.75. The molecule has 2 N–H and O–H groups in total. The first-order chi connectivity index (χ1) is 8.15. The summed E-state index contributed by atoms with van der Waals surface area (Å²) in [6, 6.07) is 11.5. The molecule has 3 nitrogen and oxygen atoms in total. The summed E-state index contributed by atoms with van der Waals surface area (Å²) in [7, 11) is 1.76. The van der Waals surface area contributed by atoms with Crippen LogP contribution in [0.2, 0.25) is 0 Å². The SMILES string of the molecule is Cn1c(-c2ccccc2Br)ccc(CN)c1=O. The van der Waals surface area contributed by atoms with Gasteiger partial charge in [-0.25, -0.2) is 0 Å². The summed E-state index contributed by atoms with van der Waals surface area (Å²) in [6.45, 7) is 0.267. The van der Waals surface area contributed by atoms with E-state index in [-0.39, 0.29) is 12.1 Å². The van der Waals surface area contributed by atoms with Gasteiger partial charge in [0.1, 0.15) is 0 Å². The van der Waals surface area contributed by atoms with Gasteiger partial charge in [-0.2, -0.15) is 0 Å². The molecule has 17 heavy (non-hydrogen) atoms. The van der Waals surface area contributed by atoms with Crippen LogP contribution in [-0.2, 0) is 13.6 Å². The van der Waals surface area contributed by atoms with Crippen LogP contribution in [0.1, 0.15) is 5.56 Å². The van der Waals surface area contributed by atoms with Gasteiger partial charge in [-0.15, -0.1) is 0 Å². The Morgan fingerprint density at radius 3 is 2.59 bits per heavy atom. The number of hydrogen-bond donors (Lipinski definition) is 1. The molecule has 0 amide bonds. The van der Waals surface area contributed by atoms with Gasteiger partial charge in [0, 0.05) is 29.2 Å². The van der Waals surface area contributed by atoms with Crippen molar-refractivity contribution in [2.24, 2.45) is 12.8 Å². The summed E-state index contributed by atoms with van der Waals surface area (Å²) < 4.78 is 2.60. The van der Waals surface area contributed by atoms with Gasteiger partial charge in [0.25, 0.3) is 5.56 Å². The van der Waals surface area contributed by atoms with Crippen molar-refractivity contribution in [2.75, 3.05) is 0 Å². The van der Waals surface area contributed by atoms with Crippen molar-refractivity contribution < 1.29 is 0 Å². The third kappa shape index (κ3) is 2.18. The van der Waals surface area contributed by atoms with Crippen LogP contribution < -0.4 is 11.3 Å². The minimum atomic E-state index is -0.0410. The molecular weight excluding hydrogens is 280 g/mol. The van der Waals surface area contributed by atoms with Crippen molar-refractivity contribution in [3.05, 3.63) is 56.8 Å². The fourth-order valence-electron chi connectivity index (χ4n) is 1.78. The average Bonchev–Trinajstić information content (AvgIpc) is 2.34. The van der Waals surface area contributed by atoms with E-state index in [0.717, 1.165) is 15.7 Å². The number of benzene rings is 1. The zero-order chi connectivity index (χ0) is 12.4. The Balaban J connectivity index is 2.66. The Morgan fingerprint density at radius 2 is 1.94 bits per heavy atom. The van der Waals surface area contributed by atoms with E-state index in [1.807, 2.05) is 30.3 Å². The average molecular weight is 293 g/mol. The van der Waals surface area contributed by atoms with Gasteiger partial charge in [-0.05, 0) is 12.1 Å². The minimum absolute atomic E-state index is 0.0410. The summed E-state index contributed by atoms with van der Waals surface area (Å²) in [5.41, 5.74) is 7.97. The number of nitrogens with zero attached hydrogens (tertiary/aromatic N) is 1. The Bertz CT molecular complexity index is 605.